The van der Waals surface area contributed by atoms with E-state index in [2.05, 4.69) is 36.2 Å². The molecule has 0 aliphatic rings. The van der Waals surface area contributed by atoms with E-state index in [1.165, 1.54) is 12.8 Å². The van der Waals surface area contributed by atoms with Crippen molar-refractivity contribution in [2.24, 2.45) is 10.9 Å². The molecule has 0 aliphatic heterocycles. The normalized spacial score (nSPS) is 11.8. The van der Waals surface area contributed by atoms with E-state index < -0.39 is 0 Å². The second kappa shape index (κ2) is 8.09. The topological polar surface area (TPSA) is 29.4 Å². The van der Waals surface area contributed by atoms with Crippen LogP contribution in [-0.4, -0.2) is 11.1 Å². The molecule has 2 nitrogen and oxygen atoms in total. The first-order chi connectivity index (χ1) is 6.24. The van der Waals surface area contributed by atoms with Crippen molar-refractivity contribution >= 4 is 23.3 Å². The average molecular weight is 199 g/mol. The summed E-state index contributed by atoms with van der Waals surface area (Å²) in [6, 6.07) is 0. The van der Waals surface area contributed by atoms with Crippen LogP contribution in [0.25, 0.3) is 0 Å². The number of hydrogen-bond donors (Lipinski definition) is 0. The molecule has 0 aromatic carbocycles. The van der Waals surface area contributed by atoms with Gasteiger partial charge in [-0.25, -0.2) is 0 Å². The van der Waals surface area contributed by atoms with Crippen molar-refractivity contribution in [3.63, 3.8) is 0 Å². The number of amides is 1. The molecule has 3 heteroatoms. The van der Waals surface area contributed by atoms with Crippen LogP contribution in [0.2, 0.25) is 0 Å². The summed E-state index contributed by atoms with van der Waals surface area (Å²) in [6.07, 6.45) is 5.05. The van der Waals surface area contributed by atoms with Gasteiger partial charge in [-0.3, -0.25) is 4.79 Å². The summed E-state index contributed by atoms with van der Waals surface area (Å²) in [7, 11) is 0. The summed E-state index contributed by atoms with van der Waals surface area (Å²) in [6.45, 7) is 4.26. The first-order valence-electron chi connectivity index (χ1n) is 4.85. The van der Waals surface area contributed by atoms with Gasteiger partial charge in [-0.1, -0.05) is 33.1 Å². The smallest absolute Gasteiger partial charge is 0.254 e. The first kappa shape index (κ1) is 12.5. The molecule has 0 aliphatic carbocycles. The highest BCUT2D eigenvalue weighted by atomic mass is 32.1. The van der Waals surface area contributed by atoms with Gasteiger partial charge >= 0.3 is 0 Å². The van der Waals surface area contributed by atoms with Gasteiger partial charge in [0.2, 0.25) is 0 Å². The van der Waals surface area contributed by atoms with E-state index in [0.29, 0.717) is 12.3 Å². The van der Waals surface area contributed by atoms with Crippen molar-refractivity contribution in [3.8, 4) is 0 Å². The lowest BCUT2D eigenvalue weighted by Gasteiger charge is -2.10. The van der Waals surface area contributed by atoms with Crippen molar-refractivity contribution in [3.05, 3.63) is 0 Å². The number of rotatable bonds is 6. The number of carbonyl (C=O) groups excluding carboxylic acids is 1. The number of unbranched alkanes of at least 4 members (excludes halogenated alkanes) is 1. The monoisotopic (exact) mass is 199 g/mol. The average Bonchev–Trinajstić information content (AvgIpc) is 2.12. The predicted octanol–water partition coefficient (Wildman–Crippen LogP) is 3.22. The van der Waals surface area contributed by atoms with Gasteiger partial charge in [0.25, 0.3) is 5.91 Å². The van der Waals surface area contributed by atoms with E-state index >= 15 is 0 Å². The van der Waals surface area contributed by atoms with Gasteiger partial charge in [0, 0.05) is 6.42 Å². The Hall–Kier alpha value is -0.530. The predicted molar refractivity (Wildman–Crippen MR) is 58.0 cm³/mol. The molecule has 13 heavy (non-hydrogen) atoms. The van der Waals surface area contributed by atoms with Gasteiger partial charge in [-0.2, -0.15) is 4.99 Å². The second-order valence-corrected chi connectivity index (χ2v) is 3.40. The molecule has 74 valence electrons. The molecule has 0 saturated heterocycles. The van der Waals surface area contributed by atoms with Gasteiger partial charge in [0.1, 0.15) is 0 Å². The number of aliphatic imine (C=N–C) groups is 1. The maximum atomic E-state index is 11.1. The molecule has 0 N–H and O–H groups in total. The molecule has 0 aromatic heterocycles. The molecule has 1 unspecified atom stereocenters. The van der Waals surface area contributed by atoms with Crippen LogP contribution in [0, 0.1) is 5.92 Å². The summed E-state index contributed by atoms with van der Waals surface area (Å²) in [5, 5.41) is 2.11. The fraction of sp³-hybridized carbons (Fsp3) is 0.800. The Labute approximate surface area is 85.4 Å². The fourth-order valence-corrected chi connectivity index (χ4v) is 1.39. The van der Waals surface area contributed by atoms with E-state index in [-0.39, 0.29) is 5.91 Å². The van der Waals surface area contributed by atoms with Gasteiger partial charge in [0.15, 0.2) is 0 Å². The zero-order valence-electron chi connectivity index (χ0n) is 8.38. The van der Waals surface area contributed by atoms with Crippen LogP contribution in [0.15, 0.2) is 4.99 Å². The van der Waals surface area contributed by atoms with E-state index in [0.717, 1.165) is 12.8 Å². The van der Waals surface area contributed by atoms with E-state index in [9.17, 15) is 4.79 Å². The summed E-state index contributed by atoms with van der Waals surface area (Å²) >= 11 is 4.37. The summed E-state index contributed by atoms with van der Waals surface area (Å²) < 4.78 is 0. The molecule has 0 bridgehead atoms. The molecule has 0 radical (unpaired) electrons. The number of carbonyl (C=O) groups is 1. The Balaban J connectivity index is 3.82. The Kier molecular flexibility index (Phi) is 7.76. The number of hydrogen-bond acceptors (Lipinski definition) is 2. The Morgan fingerprint density at radius 2 is 2.23 bits per heavy atom. The lowest BCUT2D eigenvalue weighted by molar-refractivity contribution is -0.118. The lowest BCUT2D eigenvalue weighted by atomic mass is 9.96. The Morgan fingerprint density at radius 1 is 1.54 bits per heavy atom. The van der Waals surface area contributed by atoms with Crippen LogP contribution < -0.4 is 0 Å². The zero-order chi connectivity index (χ0) is 10.1. The highest BCUT2D eigenvalue weighted by Crippen LogP contribution is 2.16. The zero-order valence-corrected chi connectivity index (χ0v) is 9.19. The summed E-state index contributed by atoms with van der Waals surface area (Å²) in [5.41, 5.74) is 0. The molecule has 0 fully saturated rings. The molecule has 0 rings (SSSR count). The van der Waals surface area contributed by atoms with Gasteiger partial charge < -0.3 is 0 Å². The SMILES string of the molecule is CCCCC(CC)CC(=O)N=C=S. The van der Waals surface area contributed by atoms with Gasteiger partial charge in [-0.15, -0.1) is 0 Å². The number of isothiocyanates is 1. The minimum absolute atomic E-state index is 0.127. The molecule has 0 aromatic rings. The largest absolute Gasteiger partial charge is 0.272 e. The van der Waals surface area contributed by atoms with E-state index in [1.807, 2.05) is 0 Å². The summed E-state index contributed by atoms with van der Waals surface area (Å²) in [5.74, 6) is 0.345. The van der Waals surface area contributed by atoms with Crippen LogP contribution in [0.4, 0.5) is 0 Å². The minimum atomic E-state index is -0.127. The van der Waals surface area contributed by atoms with Crippen LogP contribution in [-0.2, 0) is 4.79 Å². The molecular weight excluding hydrogens is 182 g/mol. The van der Waals surface area contributed by atoms with Crippen LogP contribution in [0.5, 0.6) is 0 Å². The molecule has 1 amide bonds. The molecular formula is C10H17NOS. The third kappa shape index (κ3) is 6.62. The molecule has 0 spiro atoms. The van der Waals surface area contributed by atoms with Crippen molar-refractivity contribution < 1.29 is 4.79 Å². The van der Waals surface area contributed by atoms with Crippen LogP contribution in [0.1, 0.15) is 46.0 Å². The molecule has 0 saturated carbocycles. The van der Waals surface area contributed by atoms with Gasteiger partial charge in [-0.05, 0) is 24.6 Å². The maximum Gasteiger partial charge on any atom is 0.254 e. The molecule has 1 atom stereocenters. The standard InChI is InChI=1S/C10H17NOS/c1-3-5-6-9(4-2)7-10(12)11-8-13/h9H,3-7H2,1-2H3. The van der Waals surface area contributed by atoms with Crippen molar-refractivity contribution in [2.75, 3.05) is 0 Å². The van der Waals surface area contributed by atoms with Crippen molar-refractivity contribution in [1.29, 1.82) is 0 Å². The maximum absolute atomic E-state index is 11.1. The highest BCUT2D eigenvalue weighted by molar-refractivity contribution is 7.78. The van der Waals surface area contributed by atoms with E-state index in [1.54, 1.807) is 0 Å². The third-order valence-corrected chi connectivity index (χ3v) is 2.27. The van der Waals surface area contributed by atoms with Crippen LogP contribution >= 0.6 is 12.2 Å². The van der Waals surface area contributed by atoms with Crippen molar-refractivity contribution in [2.45, 2.75) is 46.0 Å². The Morgan fingerprint density at radius 3 is 2.69 bits per heavy atom. The minimum Gasteiger partial charge on any atom is -0.272 e. The highest BCUT2D eigenvalue weighted by Gasteiger charge is 2.10. The molecule has 0 heterocycles. The van der Waals surface area contributed by atoms with E-state index in [4.69, 9.17) is 0 Å². The number of nitrogens with zero attached hydrogens (tertiary/aromatic N) is 1. The summed E-state index contributed by atoms with van der Waals surface area (Å²) in [4.78, 5) is 14.5. The van der Waals surface area contributed by atoms with Crippen LogP contribution in [0.3, 0.4) is 0 Å². The third-order valence-electron chi connectivity index (χ3n) is 2.18. The van der Waals surface area contributed by atoms with Gasteiger partial charge in [0.05, 0.1) is 5.16 Å². The number of thiocarbonyl (C=S) groups is 1. The van der Waals surface area contributed by atoms with Crippen molar-refractivity contribution in [1.82, 2.24) is 0 Å². The second-order valence-electron chi connectivity index (χ2n) is 3.22. The fourth-order valence-electron chi connectivity index (χ4n) is 1.29. The first-order valence-corrected chi connectivity index (χ1v) is 5.26. The Bertz CT molecular complexity index is 197. The lowest BCUT2D eigenvalue weighted by Crippen LogP contribution is -2.05. The quantitative estimate of drug-likeness (QED) is 0.485.